The maximum atomic E-state index is 12.5. The van der Waals surface area contributed by atoms with Gasteiger partial charge >= 0.3 is 0 Å². The summed E-state index contributed by atoms with van der Waals surface area (Å²) in [6.07, 6.45) is 1.24. The number of nitro groups is 1. The lowest BCUT2D eigenvalue weighted by atomic mass is 10.1. The third-order valence-corrected chi connectivity index (χ3v) is 3.84. The van der Waals surface area contributed by atoms with E-state index < -0.39 is 10.5 Å². The molecule has 0 aliphatic rings. The van der Waals surface area contributed by atoms with Crippen LogP contribution in [0.25, 0.3) is 10.9 Å². The van der Waals surface area contributed by atoms with Gasteiger partial charge in [-0.25, -0.2) is 4.98 Å². The number of ketones is 1. The molecular weight excluding hydrogens is 334 g/mol. The second-order valence-corrected chi connectivity index (χ2v) is 5.45. The summed E-state index contributed by atoms with van der Waals surface area (Å²) in [7, 11) is 0. The van der Waals surface area contributed by atoms with Crippen molar-refractivity contribution in [2.24, 2.45) is 0 Å². The van der Waals surface area contributed by atoms with E-state index in [0.717, 1.165) is 10.6 Å². The lowest BCUT2D eigenvalue weighted by Gasteiger charge is -2.07. The highest BCUT2D eigenvalue weighted by atomic mass is 35.5. The molecule has 120 valence electrons. The summed E-state index contributed by atoms with van der Waals surface area (Å²) in [6, 6.07) is 10.3. The first kappa shape index (κ1) is 15.8. The number of Topliss-reactive ketones (excluding diaryl/α,β-unsaturated/α-hetero) is 1. The molecule has 3 rings (SSSR count). The van der Waals surface area contributed by atoms with Gasteiger partial charge in [0.2, 0.25) is 0 Å². The average Bonchev–Trinajstić information content (AvgIpc) is 2.57. The van der Waals surface area contributed by atoms with Crippen molar-refractivity contribution in [1.29, 1.82) is 0 Å². The third kappa shape index (κ3) is 2.89. The van der Waals surface area contributed by atoms with Crippen LogP contribution >= 0.6 is 11.6 Å². The van der Waals surface area contributed by atoms with E-state index in [1.165, 1.54) is 18.5 Å². The summed E-state index contributed by atoms with van der Waals surface area (Å²) in [4.78, 5) is 39.1. The predicted octanol–water partition coefficient (Wildman–Crippen LogP) is 2.84. The van der Waals surface area contributed by atoms with Crippen LogP contribution in [0, 0.1) is 10.1 Å². The minimum Gasteiger partial charge on any atom is -0.292 e. The van der Waals surface area contributed by atoms with Crippen LogP contribution in [0.4, 0.5) is 5.69 Å². The van der Waals surface area contributed by atoms with Crippen LogP contribution in [0.15, 0.2) is 53.6 Å². The van der Waals surface area contributed by atoms with Gasteiger partial charge in [-0.05, 0) is 18.2 Å². The molecular formula is C16H10ClN3O4. The molecule has 2 aromatic carbocycles. The fourth-order valence-electron chi connectivity index (χ4n) is 2.30. The van der Waals surface area contributed by atoms with Gasteiger partial charge in [-0.15, -0.1) is 0 Å². The number of aromatic nitrogens is 2. The van der Waals surface area contributed by atoms with Crippen LogP contribution in [0.2, 0.25) is 5.02 Å². The van der Waals surface area contributed by atoms with E-state index in [4.69, 9.17) is 11.6 Å². The molecule has 0 aliphatic heterocycles. The number of nitrogens with zero attached hydrogens (tertiary/aromatic N) is 3. The number of hydrogen-bond donors (Lipinski definition) is 0. The van der Waals surface area contributed by atoms with Crippen molar-refractivity contribution in [3.05, 3.63) is 79.8 Å². The zero-order valence-corrected chi connectivity index (χ0v) is 12.9. The van der Waals surface area contributed by atoms with Gasteiger partial charge < -0.3 is 0 Å². The molecule has 3 aromatic rings. The molecule has 0 bridgehead atoms. The molecule has 1 aromatic heterocycles. The number of nitro benzene ring substituents is 1. The Morgan fingerprint density at radius 2 is 2.00 bits per heavy atom. The second kappa shape index (κ2) is 6.21. The summed E-state index contributed by atoms with van der Waals surface area (Å²) in [5, 5.41) is 11.2. The van der Waals surface area contributed by atoms with E-state index in [1.807, 2.05) is 0 Å². The minimum absolute atomic E-state index is 0.0821. The smallest absolute Gasteiger partial charge is 0.270 e. The van der Waals surface area contributed by atoms with Crippen molar-refractivity contribution >= 4 is 34.0 Å². The molecule has 0 N–H and O–H groups in total. The summed E-state index contributed by atoms with van der Waals surface area (Å²) in [5.41, 5.74) is -0.113. The number of carbonyl (C=O) groups is 1. The summed E-state index contributed by atoms with van der Waals surface area (Å²) < 4.78 is 1.11. The van der Waals surface area contributed by atoms with Gasteiger partial charge in [0.05, 0.1) is 33.7 Å². The number of halogens is 1. The number of fused-ring (bicyclic) bond motifs is 1. The van der Waals surface area contributed by atoms with Gasteiger partial charge in [0.25, 0.3) is 11.2 Å². The molecule has 24 heavy (non-hydrogen) atoms. The fraction of sp³-hybridized carbons (Fsp3) is 0.0625. The van der Waals surface area contributed by atoms with E-state index in [9.17, 15) is 19.7 Å². The summed E-state index contributed by atoms with van der Waals surface area (Å²) in [5.74, 6) is -0.353. The van der Waals surface area contributed by atoms with Crippen LogP contribution in [0.3, 0.4) is 0 Å². The summed E-state index contributed by atoms with van der Waals surface area (Å²) in [6.45, 7) is -0.256. The number of rotatable bonds is 4. The number of non-ortho nitro benzene ring substituents is 1. The van der Waals surface area contributed by atoms with Gasteiger partial charge in [-0.1, -0.05) is 23.7 Å². The molecule has 0 fully saturated rings. The first-order chi connectivity index (χ1) is 11.5. The Kier molecular flexibility index (Phi) is 4.09. The van der Waals surface area contributed by atoms with Crippen molar-refractivity contribution in [3.8, 4) is 0 Å². The van der Waals surface area contributed by atoms with E-state index in [0.29, 0.717) is 16.1 Å². The topological polar surface area (TPSA) is 95.1 Å². The van der Waals surface area contributed by atoms with Gasteiger partial charge in [0, 0.05) is 17.7 Å². The highest BCUT2D eigenvalue weighted by Crippen LogP contribution is 2.18. The lowest BCUT2D eigenvalue weighted by Crippen LogP contribution is -2.24. The molecule has 0 amide bonds. The molecule has 7 nitrogen and oxygen atoms in total. The largest absolute Gasteiger partial charge is 0.292 e. The molecule has 8 heteroatoms. The van der Waals surface area contributed by atoms with Crippen molar-refractivity contribution in [1.82, 2.24) is 9.55 Å². The first-order valence-corrected chi connectivity index (χ1v) is 7.26. The molecule has 0 unspecified atom stereocenters. The number of carbonyl (C=O) groups excluding carboxylic acids is 1. The first-order valence-electron chi connectivity index (χ1n) is 6.88. The molecule has 0 radical (unpaired) electrons. The lowest BCUT2D eigenvalue weighted by molar-refractivity contribution is -0.384. The van der Waals surface area contributed by atoms with Gasteiger partial charge in [-0.3, -0.25) is 24.3 Å². The van der Waals surface area contributed by atoms with Gasteiger partial charge in [-0.2, -0.15) is 0 Å². The van der Waals surface area contributed by atoms with E-state index in [2.05, 4.69) is 4.98 Å². The molecule has 1 heterocycles. The van der Waals surface area contributed by atoms with Crippen LogP contribution in [-0.4, -0.2) is 20.3 Å². The fourth-order valence-corrected chi connectivity index (χ4v) is 2.54. The van der Waals surface area contributed by atoms with Crippen LogP contribution < -0.4 is 5.56 Å². The van der Waals surface area contributed by atoms with Crippen LogP contribution in [-0.2, 0) is 6.54 Å². The highest BCUT2D eigenvalue weighted by molar-refractivity contribution is 6.33. The van der Waals surface area contributed by atoms with Crippen molar-refractivity contribution in [2.75, 3.05) is 0 Å². The van der Waals surface area contributed by atoms with Gasteiger partial charge in [0.15, 0.2) is 5.78 Å². The Morgan fingerprint density at radius 1 is 1.25 bits per heavy atom. The second-order valence-electron chi connectivity index (χ2n) is 5.04. The number of hydrogen-bond acceptors (Lipinski definition) is 5. The third-order valence-electron chi connectivity index (χ3n) is 3.51. The Bertz CT molecular complexity index is 1030. The maximum absolute atomic E-state index is 12.5. The van der Waals surface area contributed by atoms with Crippen LogP contribution in [0.1, 0.15) is 10.4 Å². The normalized spacial score (nSPS) is 10.7. The highest BCUT2D eigenvalue weighted by Gasteiger charge is 2.14. The SMILES string of the molecule is O=C(Cn1cnc2ccc([N+](=O)[O-])cc2c1=O)c1ccccc1Cl. The van der Waals surface area contributed by atoms with E-state index in [1.54, 1.807) is 24.3 Å². The zero-order chi connectivity index (χ0) is 17.3. The van der Waals surface area contributed by atoms with Crippen LogP contribution in [0.5, 0.6) is 0 Å². The Morgan fingerprint density at radius 3 is 2.71 bits per heavy atom. The monoisotopic (exact) mass is 343 g/mol. The van der Waals surface area contributed by atoms with E-state index in [-0.39, 0.29) is 23.4 Å². The standard InChI is InChI=1S/C16H10ClN3O4/c17-13-4-2-1-3-11(13)15(21)8-19-9-18-14-6-5-10(20(23)24)7-12(14)16(19)22/h1-7,9H,8H2. The average molecular weight is 344 g/mol. The Hall–Kier alpha value is -3.06. The zero-order valence-electron chi connectivity index (χ0n) is 12.2. The maximum Gasteiger partial charge on any atom is 0.270 e. The minimum atomic E-state index is -0.592. The quantitative estimate of drug-likeness (QED) is 0.412. The Labute approximate surface area is 140 Å². The number of benzene rings is 2. The molecule has 0 saturated carbocycles. The van der Waals surface area contributed by atoms with Crippen molar-refractivity contribution in [3.63, 3.8) is 0 Å². The summed E-state index contributed by atoms with van der Waals surface area (Å²) >= 11 is 5.98. The Balaban J connectivity index is 2.03. The molecule has 0 aliphatic carbocycles. The molecule has 0 saturated heterocycles. The predicted molar refractivity (Wildman–Crippen MR) is 88.4 cm³/mol. The van der Waals surface area contributed by atoms with Crippen molar-refractivity contribution < 1.29 is 9.72 Å². The van der Waals surface area contributed by atoms with E-state index >= 15 is 0 Å². The molecule has 0 atom stereocenters. The van der Waals surface area contributed by atoms with Gasteiger partial charge in [0.1, 0.15) is 0 Å². The molecule has 0 spiro atoms. The van der Waals surface area contributed by atoms with Crippen molar-refractivity contribution in [2.45, 2.75) is 6.54 Å².